The number of rotatable bonds is 7. The molecular formula is C12H22NO4P. The first-order valence-electron chi connectivity index (χ1n) is 5.85. The summed E-state index contributed by atoms with van der Waals surface area (Å²) in [7, 11) is -2.50. The van der Waals surface area contributed by atoms with Gasteiger partial charge in [0, 0.05) is 0 Å². The molecule has 0 aliphatic carbocycles. The second-order valence-corrected chi connectivity index (χ2v) is 5.11. The van der Waals surface area contributed by atoms with Crippen molar-refractivity contribution in [2.24, 2.45) is 0 Å². The summed E-state index contributed by atoms with van der Waals surface area (Å²) < 4.78 is 21.7. The van der Waals surface area contributed by atoms with Crippen molar-refractivity contribution in [3.8, 4) is 0 Å². The SMILES string of the molecule is C/C=C\C=C(/C)O[PH](=O)N[C@@H](C)C(=O)OC(C)C. The smallest absolute Gasteiger partial charge is 0.323 e. The fraction of sp³-hybridized carbons (Fsp3) is 0.583. The van der Waals surface area contributed by atoms with E-state index in [1.165, 1.54) is 0 Å². The maximum absolute atomic E-state index is 11.6. The van der Waals surface area contributed by atoms with Gasteiger partial charge in [-0.25, -0.2) is 5.09 Å². The first kappa shape index (κ1) is 16.9. The lowest BCUT2D eigenvalue weighted by molar-refractivity contribution is -0.148. The molecule has 0 fully saturated rings. The molecule has 0 aliphatic rings. The summed E-state index contributed by atoms with van der Waals surface area (Å²) >= 11 is 0. The van der Waals surface area contributed by atoms with Crippen molar-refractivity contribution in [2.75, 3.05) is 0 Å². The topological polar surface area (TPSA) is 64.6 Å². The zero-order valence-corrected chi connectivity index (χ0v) is 12.5. The lowest BCUT2D eigenvalue weighted by atomic mass is 10.4. The lowest BCUT2D eigenvalue weighted by Crippen LogP contribution is -2.32. The minimum absolute atomic E-state index is 0.193. The van der Waals surface area contributed by atoms with E-state index in [4.69, 9.17) is 9.26 Å². The predicted molar refractivity (Wildman–Crippen MR) is 72.5 cm³/mol. The molecule has 0 rings (SSSR count). The third-order valence-electron chi connectivity index (χ3n) is 1.82. The van der Waals surface area contributed by atoms with Gasteiger partial charge in [0.05, 0.1) is 6.10 Å². The quantitative estimate of drug-likeness (QED) is 0.335. The number of esters is 1. The highest BCUT2D eigenvalue weighted by Gasteiger charge is 2.17. The molecule has 0 aliphatic heterocycles. The molecule has 0 bridgehead atoms. The van der Waals surface area contributed by atoms with Crippen LogP contribution in [0.15, 0.2) is 24.0 Å². The third kappa shape index (κ3) is 8.09. The van der Waals surface area contributed by atoms with Gasteiger partial charge in [-0.05, 0) is 40.7 Å². The van der Waals surface area contributed by atoms with Gasteiger partial charge in [0.25, 0.3) is 0 Å². The van der Waals surface area contributed by atoms with Gasteiger partial charge in [0.15, 0.2) is 0 Å². The van der Waals surface area contributed by atoms with E-state index in [1.54, 1.807) is 39.8 Å². The summed E-state index contributed by atoms with van der Waals surface area (Å²) in [5.74, 6) is 0.0796. The summed E-state index contributed by atoms with van der Waals surface area (Å²) in [6.07, 6.45) is 5.11. The molecule has 2 atom stereocenters. The number of ether oxygens (including phenoxy) is 1. The molecule has 18 heavy (non-hydrogen) atoms. The molecule has 0 heterocycles. The number of hydrogen-bond donors (Lipinski definition) is 1. The fourth-order valence-corrected chi connectivity index (χ4v) is 1.90. The van der Waals surface area contributed by atoms with E-state index in [0.29, 0.717) is 5.76 Å². The molecule has 5 nitrogen and oxygen atoms in total. The summed E-state index contributed by atoms with van der Waals surface area (Å²) in [6, 6.07) is -0.659. The first-order chi connectivity index (χ1) is 8.36. The van der Waals surface area contributed by atoms with Gasteiger partial charge in [-0.3, -0.25) is 9.36 Å². The van der Waals surface area contributed by atoms with Crippen LogP contribution >= 0.6 is 8.18 Å². The lowest BCUT2D eigenvalue weighted by Gasteiger charge is -2.15. The Morgan fingerprint density at radius 1 is 1.33 bits per heavy atom. The Kier molecular flexibility index (Phi) is 8.42. The van der Waals surface area contributed by atoms with Crippen molar-refractivity contribution in [1.82, 2.24) is 5.09 Å². The molecule has 1 unspecified atom stereocenters. The highest BCUT2D eigenvalue weighted by Crippen LogP contribution is 2.22. The summed E-state index contributed by atoms with van der Waals surface area (Å²) in [5.41, 5.74) is 0. The van der Waals surface area contributed by atoms with E-state index >= 15 is 0 Å². The average molecular weight is 275 g/mol. The number of nitrogens with one attached hydrogen (secondary N) is 1. The van der Waals surface area contributed by atoms with Crippen LogP contribution in [0.25, 0.3) is 0 Å². The minimum Gasteiger partial charge on any atom is -0.462 e. The van der Waals surface area contributed by atoms with Gasteiger partial charge in [0.2, 0.25) is 0 Å². The average Bonchev–Trinajstić information content (AvgIpc) is 2.24. The van der Waals surface area contributed by atoms with Crippen molar-refractivity contribution < 1.29 is 18.6 Å². The van der Waals surface area contributed by atoms with E-state index < -0.39 is 20.2 Å². The summed E-state index contributed by atoms with van der Waals surface area (Å²) in [5, 5.41) is 2.58. The molecule has 0 amide bonds. The van der Waals surface area contributed by atoms with Crippen LogP contribution in [0.5, 0.6) is 0 Å². The van der Waals surface area contributed by atoms with Crippen molar-refractivity contribution in [1.29, 1.82) is 0 Å². The van der Waals surface area contributed by atoms with E-state index in [1.807, 2.05) is 13.0 Å². The molecule has 0 radical (unpaired) electrons. The van der Waals surface area contributed by atoms with Crippen LogP contribution in [0.4, 0.5) is 0 Å². The Balaban J connectivity index is 4.19. The molecule has 104 valence electrons. The van der Waals surface area contributed by atoms with E-state index in [9.17, 15) is 9.36 Å². The standard InChI is InChI=1S/C12H22NO4P/c1-6-7-8-10(4)17-18(15)13-11(5)12(14)16-9(2)3/h6-9,11,18H,1-5H3,(H,13,15)/b7-6-,10-8+/t11-/m0/s1. The molecule has 1 N–H and O–H groups in total. The predicted octanol–water partition coefficient (Wildman–Crippen LogP) is 2.80. The van der Waals surface area contributed by atoms with E-state index in [2.05, 4.69) is 5.09 Å². The van der Waals surface area contributed by atoms with Gasteiger partial charge in [0.1, 0.15) is 11.8 Å². The Labute approximate surface area is 109 Å². The number of carbonyl (C=O) groups excluding carboxylic acids is 1. The van der Waals surface area contributed by atoms with Crippen LogP contribution in [0, 0.1) is 0 Å². The van der Waals surface area contributed by atoms with Crippen LogP contribution in [-0.4, -0.2) is 18.1 Å². The molecule has 0 saturated carbocycles. The number of carbonyl (C=O) groups is 1. The normalized spacial score (nSPS) is 15.8. The second-order valence-electron chi connectivity index (χ2n) is 4.04. The van der Waals surface area contributed by atoms with E-state index in [0.717, 1.165) is 0 Å². The van der Waals surface area contributed by atoms with Gasteiger partial charge >= 0.3 is 14.1 Å². The molecule has 0 aromatic heterocycles. The molecule has 0 saturated heterocycles. The molecular weight excluding hydrogens is 253 g/mol. The van der Waals surface area contributed by atoms with Gasteiger partial charge in [-0.1, -0.05) is 12.2 Å². The van der Waals surface area contributed by atoms with Crippen molar-refractivity contribution in [3.05, 3.63) is 24.0 Å². The summed E-state index contributed by atoms with van der Waals surface area (Å²) in [6.45, 7) is 8.67. The Bertz CT molecular complexity index is 350. The largest absolute Gasteiger partial charge is 0.462 e. The highest BCUT2D eigenvalue weighted by molar-refractivity contribution is 7.36. The maximum atomic E-state index is 11.6. The van der Waals surface area contributed by atoms with Gasteiger partial charge in [-0.2, -0.15) is 0 Å². The highest BCUT2D eigenvalue weighted by atomic mass is 31.1. The Morgan fingerprint density at radius 3 is 2.44 bits per heavy atom. The minimum atomic E-state index is -2.50. The second kappa shape index (κ2) is 8.95. The monoisotopic (exact) mass is 275 g/mol. The number of hydrogen-bond acceptors (Lipinski definition) is 4. The van der Waals surface area contributed by atoms with E-state index in [-0.39, 0.29) is 6.10 Å². The van der Waals surface area contributed by atoms with Crippen LogP contribution in [0.3, 0.4) is 0 Å². The summed E-state index contributed by atoms with van der Waals surface area (Å²) in [4.78, 5) is 11.5. The van der Waals surface area contributed by atoms with Crippen molar-refractivity contribution >= 4 is 14.1 Å². The fourth-order valence-electron chi connectivity index (χ4n) is 1.01. The van der Waals surface area contributed by atoms with Gasteiger partial charge < -0.3 is 9.26 Å². The molecule has 6 heteroatoms. The zero-order chi connectivity index (χ0) is 14.1. The van der Waals surface area contributed by atoms with Crippen LogP contribution in [0.1, 0.15) is 34.6 Å². The van der Waals surface area contributed by atoms with Crippen molar-refractivity contribution in [2.45, 2.75) is 46.8 Å². The van der Waals surface area contributed by atoms with Crippen LogP contribution in [0.2, 0.25) is 0 Å². The number of allylic oxidation sites excluding steroid dienone is 4. The van der Waals surface area contributed by atoms with Crippen LogP contribution < -0.4 is 5.09 Å². The maximum Gasteiger partial charge on any atom is 0.323 e. The van der Waals surface area contributed by atoms with Crippen LogP contribution in [-0.2, 0) is 18.6 Å². The Morgan fingerprint density at radius 2 is 1.94 bits per heavy atom. The Hall–Kier alpha value is -1.06. The molecule has 0 spiro atoms. The molecule has 0 aromatic rings. The molecule has 0 aromatic carbocycles. The van der Waals surface area contributed by atoms with Crippen molar-refractivity contribution in [3.63, 3.8) is 0 Å². The first-order valence-corrected chi connectivity index (χ1v) is 7.16. The van der Waals surface area contributed by atoms with Gasteiger partial charge in [-0.15, -0.1) is 0 Å². The zero-order valence-electron chi connectivity index (χ0n) is 11.5. The third-order valence-corrected chi connectivity index (χ3v) is 2.99.